The number of aliphatic carboxylic acids is 1. The van der Waals surface area contributed by atoms with Gasteiger partial charge in [-0.15, -0.1) is 0 Å². The topological polar surface area (TPSA) is 54.4 Å². The van der Waals surface area contributed by atoms with Crippen LogP contribution in [0, 0.1) is 5.92 Å². The SMILES string of the molecule is CC(=O)C(C)C(=O)O.[Li][CH2]CCC. The third-order valence-corrected chi connectivity index (χ3v) is 1.69. The van der Waals surface area contributed by atoms with Gasteiger partial charge in [0, 0.05) is 0 Å². The van der Waals surface area contributed by atoms with E-state index in [1.807, 2.05) is 0 Å². The predicted octanol–water partition coefficient (Wildman–Crippen LogP) is 1.67. The molecule has 13 heavy (non-hydrogen) atoms. The van der Waals surface area contributed by atoms with E-state index in [0.29, 0.717) is 0 Å². The van der Waals surface area contributed by atoms with Gasteiger partial charge in [-0.05, 0) is 13.8 Å². The Labute approximate surface area is 89.1 Å². The summed E-state index contributed by atoms with van der Waals surface area (Å²) in [6.45, 7) is 4.84. The van der Waals surface area contributed by atoms with Crippen LogP contribution in [0.4, 0.5) is 0 Å². The maximum absolute atomic E-state index is 10.2. The summed E-state index contributed by atoms with van der Waals surface area (Å²) in [6.07, 6.45) is 2.73. The zero-order chi connectivity index (χ0) is 10.9. The number of hydrogen-bond donors (Lipinski definition) is 1. The average molecular weight is 180 g/mol. The molecule has 0 heterocycles. The van der Waals surface area contributed by atoms with Crippen LogP contribution in [0.2, 0.25) is 5.09 Å². The van der Waals surface area contributed by atoms with Crippen LogP contribution < -0.4 is 0 Å². The molecule has 0 aliphatic rings. The molecule has 0 rings (SSSR count). The van der Waals surface area contributed by atoms with Crippen LogP contribution in [0.5, 0.6) is 0 Å². The van der Waals surface area contributed by atoms with Crippen molar-refractivity contribution in [1.29, 1.82) is 0 Å². The molecule has 0 saturated carbocycles. The Kier molecular flexibility index (Phi) is 11.5. The monoisotopic (exact) mass is 180 g/mol. The van der Waals surface area contributed by atoms with Crippen LogP contribution in [0.1, 0.15) is 33.6 Å². The van der Waals surface area contributed by atoms with E-state index in [1.165, 1.54) is 31.8 Å². The molecule has 0 spiro atoms. The van der Waals surface area contributed by atoms with Crippen molar-refractivity contribution in [3.8, 4) is 0 Å². The number of hydrogen-bond acceptors (Lipinski definition) is 2. The third-order valence-electron chi connectivity index (χ3n) is 1.69. The molecule has 0 aliphatic carbocycles. The van der Waals surface area contributed by atoms with E-state index < -0.39 is 11.9 Å². The molecular formula is C9H17LiO3. The molecule has 3 nitrogen and oxygen atoms in total. The van der Waals surface area contributed by atoms with Gasteiger partial charge in [0.1, 0.15) is 11.7 Å². The van der Waals surface area contributed by atoms with Gasteiger partial charge in [-0.3, -0.25) is 9.59 Å². The minimum absolute atomic E-state index is 0.308. The van der Waals surface area contributed by atoms with Crippen molar-refractivity contribution >= 4 is 29.5 Å². The Morgan fingerprint density at radius 3 is 1.92 bits per heavy atom. The van der Waals surface area contributed by atoms with Gasteiger partial charge >= 0.3 is 48.5 Å². The van der Waals surface area contributed by atoms with Crippen molar-refractivity contribution in [3.63, 3.8) is 0 Å². The summed E-state index contributed by atoms with van der Waals surface area (Å²) in [5.74, 6) is -2.22. The molecule has 0 saturated heterocycles. The second-order valence-electron chi connectivity index (χ2n) is 3.02. The van der Waals surface area contributed by atoms with Crippen molar-refractivity contribution in [3.05, 3.63) is 0 Å². The van der Waals surface area contributed by atoms with Gasteiger partial charge in [0.2, 0.25) is 0 Å². The molecule has 1 atom stereocenters. The molecule has 0 bridgehead atoms. The van der Waals surface area contributed by atoms with Crippen LogP contribution in [0.25, 0.3) is 0 Å². The Morgan fingerprint density at radius 2 is 1.92 bits per heavy atom. The van der Waals surface area contributed by atoms with Crippen molar-refractivity contribution in [2.24, 2.45) is 5.92 Å². The second-order valence-corrected chi connectivity index (χ2v) is 3.02. The molecule has 0 aromatic heterocycles. The van der Waals surface area contributed by atoms with Gasteiger partial charge < -0.3 is 5.11 Å². The predicted molar refractivity (Wildman–Crippen MR) is 52.9 cm³/mol. The van der Waals surface area contributed by atoms with Crippen LogP contribution in [-0.4, -0.2) is 34.6 Å². The Hall–Kier alpha value is -0.263. The quantitative estimate of drug-likeness (QED) is 0.528. The fourth-order valence-electron chi connectivity index (χ4n) is 0.527. The fourth-order valence-corrected chi connectivity index (χ4v) is 0.527. The zero-order valence-corrected chi connectivity index (χ0v) is 8.96. The van der Waals surface area contributed by atoms with Gasteiger partial charge in [-0.1, -0.05) is 0 Å². The van der Waals surface area contributed by atoms with Gasteiger partial charge in [0.15, 0.2) is 0 Å². The first-order valence-corrected chi connectivity index (χ1v) is 4.70. The summed E-state index contributed by atoms with van der Waals surface area (Å²) in [4.78, 5) is 20.1. The van der Waals surface area contributed by atoms with Crippen LogP contribution in [-0.2, 0) is 9.59 Å². The van der Waals surface area contributed by atoms with Crippen LogP contribution in [0.15, 0.2) is 0 Å². The third kappa shape index (κ3) is 11.7. The summed E-state index contributed by atoms with van der Waals surface area (Å²) in [5, 5.41) is 9.48. The zero-order valence-electron chi connectivity index (χ0n) is 8.96. The van der Waals surface area contributed by atoms with E-state index in [9.17, 15) is 9.59 Å². The average Bonchev–Trinajstić information content (AvgIpc) is 2.05. The van der Waals surface area contributed by atoms with E-state index in [0.717, 1.165) is 0 Å². The first kappa shape index (κ1) is 15.2. The van der Waals surface area contributed by atoms with E-state index in [-0.39, 0.29) is 5.78 Å². The molecule has 0 aliphatic heterocycles. The van der Waals surface area contributed by atoms with E-state index in [1.54, 1.807) is 0 Å². The summed E-state index contributed by atoms with van der Waals surface area (Å²) in [7, 11) is 0. The molecule has 4 heteroatoms. The Morgan fingerprint density at radius 1 is 1.46 bits per heavy atom. The second kappa shape index (κ2) is 9.82. The first-order valence-electron chi connectivity index (χ1n) is 4.70. The summed E-state index contributed by atoms with van der Waals surface area (Å²) < 4.78 is 0. The van der Waals surface area contributed by atoms with Crippen LogP contribution in [0.3, 0.4) is 0 Å². The van der Waals surface area contributed by atoms with Crippen LogP contribution >= 0.6 is 0 Å². The van der Waals surface area contributed by atoms with Gasteiger partial charge in [-0.2, -0.15) is 0 Å². The standard InChI is InChI=1S/C5H8O3.C4H9.Li/c1-3(4(2)6)5(7)8;1-3-4-2;/h3H,1-2H3,(H,7,8);1,3-4H2,2H3;. The van der Waals surface area contributed by atoms with Crippen molar-refractivity contribution in [2.75, 3.05) is 0 Å². The number of unbranched alkanes of at least 4 members (excludes halogenated alkanes) is 1. The number of carbonyl (C=O) groups excluding carboxylic acids is 1. The van der Waals surface area contributed by atoms with Crippen molar-refractivity contribution < 1.29 is 14.7 Å². The molecule has 1 N–H and O–H groups in total. The number of ketones is 1. The normalized spacial score (nSPS) is 11.2. The summed E-state index contributed by atoms with van der Waals surface area (Å²) in [5.41, 5.74) is 0. The number of carboxylic acids is 1. The number of rotatable bonds is 4. The number of carbonyl (C=O) groups is 2. The molecule has 0 aromatic carbocycles. The van der Waals surface area contributed by atoms with Gasteiger partial charge in [-0.25, -0.2) is 0 Å². The Balaban J connectivity index is 0. The minimum atomic E-state index is -1.06. The Bertz CT molecular complexity index is 141. The molecule has 0 amide bonds. The first-order chi connectivity index (χ1) is 5.97. The summed E-state index contributed by atoms with van der Waals surface area (Å²) >= 11 is 2.21. The molecule has 0 aromatic rings. The molecule has 1 unspecified atom stereocenters. The number of Topliss-reactive ketones (excluding diaryl/α,β-unsaturated/α-hetero) is 1. The van der Waals surface area contributed by atoms with E-state index in [4.69, 9.17) is 5.11 Å². The molecular weight excluding hydrogens is 163 g/mol. The van der Waals surface area contributed by atoms with E-state index in [2.05, 4.69) is 24.6 Å². The van der Waals surface area contributed by atoms with E-state index >= 15 is 0 Å². The van der Waals surface area contributed by atoms with Crippen molar-refractivity contribution in [1.82, 2.24) is 0 Å². The molecule has 0 radical (unpaired) electrons. The maximum atomic E-state index is 10.2. The summed E-state index contributed by atoms with van der Waals surface area (Å²) in [6, 6.07) is 0. The fraction of sp³-hybridized carbons (Fsp3) is 0.778. The van der Waals surface area contributed by atoms with Crippen molar-refractivity contribution in [2.45, 2.75) is 38.7 Å². The van der Waals surface area contributed by atoms with Gasteiger partial charge in [0.05, 0.1) is 0 Å². The molecule has 0 fully saturated rings. The van der Waals surface area contributed by atoms with Gasteiger partial charge in [0.25, 0.3) is 0 Å². The number of carboxylic acid groups (broad SMARTS) is 1. The molecule has 72 valence electrons.